The maximum atomic E-state index is 12.7. The van der Waals surface area contributed by atoms with E-state index in [9.17, 15) is 4.39 Å². The fraction of sp³-hybridized carbons (Fsp3) is 0. The smallest absolute Gasteiger partial charge is 0.322 e. The van der Waals surface area contributed by atoms with Gasteiger partial charge >= 0.3 is 6.01 Å². The zero-order valence-electron chi connectivity index (χ0n) is 9.88. The molecule has 0 bridgehead atoms. The molecule has 94 valence electrons. The third kappa shape index (κ3) is 2.18. The predicted molar refractivity (Wildman–Crippen MR) is 70.4 cm³/mol. The monoisotopic (exact) mass is 255 g/mol. The van der Waals surface area contributed by atoms with Crippen LogP contribution in [0.3, 0.4) is 0 Å². The molecular weight excluding hydrogens is 245 g/mol. The molecule has 0 unspecified atom stereocenters. The molecule has 19 heavy (non-hydrogen) atoms. The molecule has 3 aromatic rings. The van der Waals surface area contributed by atoms with Gasteiger partial charge in [-0.25, -0.2) is 14.4 Å². The molecule has 0 aliphatic carbocycles. The highest BCUT2D eigenvalue weighted by atomic mass is 19.1. The van der Waals surface area contributed by atoms with Crippen LogP contribution in [0.25, 0.3) is 10.8 Å². The first-order chi connectivity index (χ1) is 9.24. The van der Waals surface area contributed by atoms with E-state index in [1.54, 1.807) is 12.1 Å². The van der Waals surface area contributed by atoms with Crippen molar-refractivity contribution in [3.8, 4) is 11.8 Å². The number of benzene rings is 2. The van der Waals surface area contributed by atoms with Crippen LogP contribution in [0, 0.1) is 5.82 Å². The number of ether oxygens (including phenoxy) is 1. The SMILES string of the molecule is Nc1ccc(Oc2ncc(F)cn2)c2ccccc12. The Balaban J connectivity index is 2.06. The first-order valence-electron chi connectivity index (χ1n) is 5.66. The zero-order valence-corrected chi connectivity index (χ0v) is 9.88. The Bertz CT molecular complexity index is 728. The van der Waals surface area contributed by atoms with Crippen LogP contribution in [0.15, 0.2) is 48.8 Å². The first kappa shape index (κ1) is 11.4. The van der Waals surface area contributed by atoms with Crippen LogP contribution >= 0.6 is 0 Å². The zero-order chi connectivity index (χ0) is 13.2. The molecule has 0 aliphatic rings. The number of hydrogen-bond donors (Lipinski definition) is 1. The molecule has 2 aromatic carbocycles. The van der Waals surface area contributed by atoms with Crippen molar-refractivity contribution in [1.29, 1.82) is 0 Å². The Morgan fingerprint density at radius 2 is 1.63 bits per heavy atom. The van der Waals surface area contributed by atoms with E-state index in [1.165, 1.54) is 0 Å². The van der Waals surface area contributed by atoms with E-state index in [-0.39, 0.29) is 6.01 Å². The van der Waals surface area contributed by atoms with Crippen molar-refractivity contribution >= 4 is 16.5 Å². The molecule has 1 heterocycles. The lowest BCUT2D eigenvalue weighted by molar-refractivity contribution is 0.441. The van der Waals surface area contributed by atoms with Gasteiger partial charge in [0.15, 0.2) is 5.82 Å². The first-order valence-corrected chi connectivity index (χ1v) is 5.66. The molecule has 0 fully saturated rings. The molecule has 2 N–H and O–H groups in total. The molecule has 0 amide bonds. The van der Waals surface area contributed by atoms with Gasteiger partial charge in [0.1, 0.15) is 5.75 Å². The number of rotatable bonds is 2. The van der Waals surface area contributed by atoms with Gasteiger partial charge in [-0.05, 0) is 12.1 Å². The van der Waals surface area contributed by atoms with Gasteiger partial charge in [-0.15, -0.1) is 0 Å². The van der Waals surface area contributed by atoms with Crippen LogP contribution in [0.1, 0.15) is 0 Å². The van der Waals surface area contributed by atoms with E-state index in [1.807, 2.05) is 24.3 Å². The van der Waals surface area contributed by atoms with E-state index in [0.29, 0.717) is 11.4 Å². The Morgan fingerprint density at radius 3 is 2.37 bits per heavy atom. The van der Waals surface area contributed by atoms with Crippen molar-refractivity contribution in [2.24, 2.45) is 0 Å². The number of fused-ring (bicyclic) bond motifs is 1. The van der Waals surface area contributed by atoms with E-state index in [0.717, 1.165) is 23.2 Å². The fourth-order valence-corrected chi connectivity index (χ4v) is 1.84. The Labute approximate surface area is 108 Å². The van der Waals surface area contributed by atoms with Crippen LogP contribution in [0.2, 0.25) is 0 Å². The topological polar surface area (TPSA) is 61.0 Å². The van der Waals surface area contributed by atoms with Gasteiger partial charge < -0.3 is 10.5 Å². The van der Waals surface area contributed by atoms with Crippen molar-refractivity contribution < 1.29 is 9.13 Å². The highest BCUT2D eigenvalue weighted by molar-refractivity contribution is 5.97. The number of nitrogens with zero attached hydrogens (tertiary/aromatic N) is 2. The summed E-state index contributed by atoms with van der Waals surface area (Å²) in [7, 11) is 0. The average molecular weight is 255 g/mol. The number of aromatic nitrogens is 2. The molecule has 0 saturated heterocycles. The standard InChI is InChI=1S/C14H10FN3O/c15-9-7-17-14(18-8-9)19-13-6-5-12(16)10-3-1-2-4-11(10)13/h1-8H,16H2. The van der Waals surface area contributed by atoms with Gasteiger partial charge in [-0.1, -0.05) is 24.3 Å². The molecule has 1 aromatic heterocycles. The van der Waals surface area contributed by atoms with E-state index in [4.69, 9.17) is 10.5 Å². The minimum absolute atomic E-state index is 0.0938. The van der Waals surface area contributed by atoms with Crippen molar-refractivity contribution in [1.82, 2.24) is 9.97 Å². The Morgan fingerprint density at radius 1 is 0.947 bits per heavy atom. The largest absolute Gasteiger partial charge is 0.424 e. The van der Waals surface area contributed by atoms with Gasteiger partial charge in [0.25, 0.3) is 0 Å². The summed E-state index contributed by atoms with van der Waals surface area (Å²) in [6.07, 6.45) is 2.11. The second-order valence-corrected chi connectivity index (χ2v) is 3.98. The highest BCUT2D eigenvalue weighted by Gasteiger charge is 2.07. The number of halogens is 1. The summed E-state index contributed by atoms with van der Waals surface area (Å²) in [6.45, 7) is 0. The van der Waals surface area contributed by atoms with Gasteiger partial charge in [0.05, 0.1) is 12.4 Å². The van der Waals surface area contributed by atoms with Crippen molar-refractivity contribution in [3.05, 3.63) is 54.6 Å². The summed E-state index contributed by atoms with van der Waals surface area (Å²) in [5.74, 6) is 0.0749. The third-order valence-corrected chi connectivity index (χ3v) is 2.72. The lowest BCUT2D eigenvalue weighted by Gasteiger charge is -2.08. The van der Waals surface area contributed by atoms with Crippen LogP contribution in [0.5, 0.6) is 11.8 Å². The molecule has 0 spiro atoms. The fourth-order valence-electron chi connectivity index (χ4n) is 1.84. The summed E-state index contributed by atoms with van der Waals surface area (Å²) < 4.78 is 18.3. The number of hydrogen-bond acceptors (Lipinski definition) is 4. The number of nitrogen functional groups attached to an aromatic ring is 1. The number of anilines is 1. The lowest BCUT2D eigenvalue weighted by Crippen LogP contribution is -1.94. The van der Waals surface area contributed by atoms with Crippen molar-refractivity contribution in [2.75, 3.05) is 5.73 Å². The molecule has 0 aliphatic heterocycles. The second-order valence-electron chi connectivity index (χ2n) is 3.98. The lowest BCUT2D eigenvalue weighted by atomic mass is 10.1. The van der Waals surface area contributed by atoms with E-state index in [2.05, 4.69) is 9.97 Å². The molecule has 5 heteroatoms. The summed E-state index contributed by atoms with van der Waals surface area (Å²) in [5, 5.41) is 1.75. The van der Waals surface area contributed by atoms with Gasteiger partial charge in [-0.3, -0.25) is 0 Å². The van der Waals surface area contributed by atoms with Crippen molar-refractivity contribution in [3.63, 3.8) is 0 Å². The van der Waals surface area contributed by atoms with Crippen molar-refractivity contribution in [2.45, 2.75) is 0 Å². The van der Waals surface area contributed by atoms with Gasteiger partial charge in [0.2, 0.25) is 0 Å². The van der Waals surface area contributed by atoms with Gasteiger partial charge in [0, 0.05) is 16.5 Å². The summed E-state index contributed by atoms with van der Waals surface area (Å²) in [4.78, 5) is 7.53. The average Bonchev–Trinajstić information content (AvgIpc) is 2.45. The molecule has 0 saturated carbocycles. The molecule has 3 rings (SSSR count). The predicted octanol–water partition coefficient (Wildman–Crippen LogP) is 3.14. The number of nitrogens with two attached hydrogens (primary N) is 1. The molecule has 0 atom stereocenters. The molecule has 0 radical (unpaired) electrons. The maximum Gasteiger partial charge on any atom is 0.322 e. The van der Waals surface area contributed by atoms with E-state index >= 15 is 0 Å². The van der Waals surface area contributed by atoms with Gasteiger partial charge in [-0.2, -0.15) is 0 Å². The minimum atomic E-state index is -0.505. The summed E-state index contributed by atoms with van der Waals surface area (Å²) in [6, 6.07) is 11.2. The van der Waals surface area contributed by atoms with Crippen LogP contribution in [-0.2, 0) is 0 Å². The van der Waals surface area contributed by atoms with E-state index < -0.39 is 5.82 Å². The summed E-state index contributed by atoms with van der Waals surface area (Å²) >= 11 is 0. The minimum Gasteiger partial charge on any atom is -0.424 e. The third-order valence-electron chi connectivity index (χ3n) is 2.72. The normalized spacial score (nSPS) is 10.6. The Kier molecular flexibility index (Phi) is 2.72. The van der Waals surface area contributed by atoms with Crippen LogP contribution in [0.4, 0.5) is 10.1 Å². The highest BCUT2D eigenvalue weighted by Crippen LogP contribution is 2.31. The van der Waals surface area contributed by atoms with Crippen LogP contribution in [-0.4, -0.2) is 9.97 Å². The summed E-state index contributed by atoms with van der Waals surface area (Å²) in [5.41, 5.74) is 6.57. The molecule has 4 nitrogen and oxygen atoms in total. The second kappa shape index (κ2) is 4.53. The quantitative estimate of drug-likeness (QED) is 0.714. The maximum absolute atomic E-state index is 12.7. The Hall–Kier alpha value is -2.69. The molecular formula is C14H10FN3O. The van der Waals surface area contributed by atoms with Crippen LogP contribution < -0.4 is 10.5 Å².